The predicted octanol–water partition coefficient (Wildman–Crippen LogP) is 2.53. The molecule has 0 aromatic heterocycles. The first-order valence-electron chi connectivity index (χ1n) is 8.48. The minimum absolute atomic E-state index is 0.0693. The Hall–Kier alpha value is -0.220. The third kappa shape index (κ3) is 7.36. The molecule has 0 aromatic rings. The van der Waals surface area contributed by atoms with Crippen LogP contribution >= 0.6 is 7.37 Å². The molecular weight excluding hydrogens is 301 g/mol. The van der Waals surface area contributed by atoms with Crippen molar-refractivity contribution in [3.05, 3.63) is 0 Å². The number of hydrogen-bond acceptors (Lipinski definition) is 4. The summed E-state index contributed by atoms with van der Waals surface area (Å²) in [5.74, 6) is 0.293. The Morgan fingerprint density at radius 3 is 2.41 bits per heavy atom. The molecule has 1 rings (SSSR count). The maximum absolute atomic E-state index is 12.3. The van der Waals surface area contributed by atoms with Gasteiger partial charge in [-0.05, 0) is 31.1 Å². The number of carbonyl (C=O) groups is 1. The van der Waals surface area contributed by atoms with Gasteiger partial charge >= 0.3 is 0 Å². The van der Waals surface area contributed by atoms with E-state index < -0.39 is 19.5 Å². The van der Waals surface area contributed by atoms with E-state index >= 15 is 0 Å². The Bertz CT molecular complexity index is 394. The van der Waals surface area contributed by atoms with Gasteiger partial charge in [-0.15, -0.1) is 0 Å². The molecule has 0 spiro atoms. The molecule has 1 unspecified atom stereocenters. The zero-order valence-electron chi connectivity index (χ0n) is 13.9. The second-order valence-corrected chi connectivity index (χ2v) is 9.57. The highest BCUT2D eigenvalue weighted by molar-refractivity contribution is 7.58. The topological polar surface area (TPSA) is 101 Å². The Labute approximate surface area is 134 Å². The Morgan fingerprint density at radius 2 is 1.86 bits per heavy atom. The Balaban J connectivity index is 2.34. The molecule has 0 heterocycles. The first-order valence-corrected chi connectivity index (χ1v) is 10.5. The number of carbonyl (C=O) groups excluding carboxylic acids is 1. The maximum atomic E-state index is 12.3. The molecule has 0 bridgehead atoms. The molecule has 1 aliphatic rings. The molecule has 0 amide bonds. The number of Topliss-reactive ketones (excluding diaryl/α,β-unsaturated/α-hetero) is 1. The second-order valence-electron chi connectivity index (χ2n) is 7.14. The molecule has 0 aromatic carbocycles. The number of aliphatic hydroxyl groups is 1. The number of ketones is 1. The number of nitrogens with two attached hydrogens (primary N) is 1. The zero-order chi connectivity index (χ0) is 16.8. The van der Waals surface area contributed by atoms with Gasteiger partial charge in [-0.3, -0.25) is 9.36 Å². The molecule has 22 heavy (non-hydrogen) atoms. The molecule has 3 atom stereocenters. The summed E-state index contributed by atoms with van der Waals surface area (Å²) in [5.41, 5.74) is 5.76. The molecule has 4 N–H and O–H groups in total. The van der Waals surface area contributed by atoms with Gasteiger partial charge in [-0.1, -0.05) is 33.1 Å². The van der Waals surface area contributed by atoms with Crippen molar-refractivity contribution >= 4 is 13.2 Å². The summed E-state index contributed by atoms with van der Waals surface area (Å²) in [6.07, 6.45) is 5.21. The molecule has 0 saturated heterocycles. The third-order valence-electron chi connectivity index (χ3n) is 4.58. The van der Waals surface area contributed by atoms with Crippen LogP contribution in [0.4, 0.5) is 0 Å². The van der Waals surface area contributed by atoms with Gasteiger partial charge in [-0.25, -0.2) is 0 Å². The van der Waals surface area contributed by atoms with Crippen LogP contribution in [0, 0.1) is 11.8 Å². The van der Waals surface area contributed by atoms with Crippen LogP contribution in [0.15, 0.2) is 0 Å². The molecule has 1 aliphatic carbocycles. The third-order valence-corrected chi connectivity index (χ3v) is 6.66. The van der Waals surface area contributed by atoms with E-state index in [1.54, 1.807) is 0 Å². The number of rotatable bonds is 9. The van der Waals surface area contributed by atoms with E-state index in [0.717, 1.165) is 25.7 Å². The van der Waals surface area contributed by atoms with E-state index in [1.807, 2.05) is 13.8 Å². The summed E-state index contributed by atoms with van der Waals surface area (Å²) in [5, 5.41) is 9.96. The van der Waals surface area contributed by atoms with Crippen molar-refractivity contribution in [2.24, 2.45) is 17.6 Å². The highest BCUT2D eigenvalue weighted by atomic mass is 31.2. The van der Waals surface area contributed by atoms with Crippen molar-refractivity contribution in [2.45, 2.75) is 70.9 Å². The van der Waals surface area contributed by atoms with Gasteiger partial charge in [0.2, 0.25) is 7.37 Å². The normalized spacial score (nSPS) is 22.3. The van der Waals surface area contributed by atoms with Crippen molar-refractivity contribution in [1.82, 2.24) is 0 Å². The van der Waals surface area contributed by atoms with E-state index in [4.69, 9.17) is 5.73 Å². The van der Waals surface area contributed by atoms with Gasteiger partial charge in [0.15, 0.2) is 0 Å². The summed E-state index contributed by atoms with van der Waals surface area (Å²) in [6.45, 7) is 3.76. The van der Waals surface area contributed by atoms with Crippen LogP contribution in [0.1, 0.15) is 58.8 Å². The lowest BCUT2D eigenvalue weighted by molar-refractivity contribution is -0.121. The summed E-state index contributed by atoms with van der Waals surface area (Å²) in [6, 6.07) is -0.518. The monoisotopic (exact) mass is 333 g/mol. The van der Waals surface area contributed by atoms with Crippen molar-refractivity contribution in [2.75, 3.05) is 12.3 Å². The quantitative estimate of drug-likeness (QED) is 0.563. The van der Waals surface area contributed by atoms with Crippen molar-refractivity contribution < 1.29 is 19.4 Å². The van der Waals surface area contributed by atoms with E-state index in [-0.39, 0.29) is 30.7 Å². The van der Waals surface area contributed by atoms with Gasteiger partial charge in [0, 0.05) is 12.6 Å². The average molecular weight is 333 g/mol. The van der Waals surface area contributed by atoms with Crippen LogP contribution in [0.5, 0.6) is 0 Å². The molecule has 0 radical (unpaired) electrons. The Morgan fingerprint density at radius 1 is 1.27 bits per heavy atom. The molecular formula is C16H32NO4P. The molecule has 1 saturated carbocycles. The summed E-state index contributed by atoms with van der Waals surface area (Å²) < 4.78 is 12.3. The smallest absolute Gasteiger partial charge is 0.203 e. The van der Waals surface area contributed by atoms with Crippen LogP contribution < -0.4 is 5.73 Å². The molecule has 130 valence electrons. The predicted molar refractivity (Wildman–Crippen MR) is 89.2 cm³/mol. The van der Waals surface area contributed by atoms with Gasteiger partial charge in [0.25, 0.3) is 0 Å². The summed E-state index contributed by atoms with van der Waals surface area (Å²) in [4.78, 5) is 21.9. The first-order chi connectivity index (χ1) is 10.2. The summed E-state index contributed by atoms with van der Waals surface area (Å²) in [7, 11) is -3.31. The molecule has 6 heteroatoms. The second kappa shape index (κ2) is 9.17. The number of aliphatic hydroxyl groups excluding tert-OH is 1. The molecule has 5 nitrogen and oxygen atoms in total. The maximum Gasteiger partial charge on any atom is 0.203 e. The van der Waals surface area contributed by atoms with Gasteiger partial charge in [-0.2, -0.15) is 0 Å². The largest absolute Gasteiger partial charge is 0.393 e. The van der Waals surface area contributed by atoms with Crippen molar-refractivity contribution in [3.63, 3.8) is 0 Å². The number of hydrogen-bond donors (Lipinski definition) is 3. The van der Waals surface area contributed by atoms with E-state index in [2.05, 4.69) is 0 Å². The lowest BCUT2D eigenvalue weighted by Gasteiger charge is -2.25. The van der Waals surface area contributed by atoms with Crippen LogP contribution in [-0.2, 0) is 9.36 Å². The SMILES string of the molecule is CC(C)[C@@H](N)C(=O)CC[C@@H](O)CP(=O)(O)CC1CCCCC1. The van der Waals surface area contributed by atoms with Crippen molar-refractivity contribution in [1.29, 1.82) is 0 Å². The van der Waals surface area contributed by atoms with Crippen LogP contribution in [-0.4, -0.2) is 40.3 Å². The minimum atomic E-state index is -3.31. The van der Waals surface area contributed by atoms with Crippen LogP contribution in [0.25, 0.3) is 0 Å². The lowest BCUT2D eigenvalue weighted by atomic mass is 9.91. The fourth-order valence-corrected chi connectivity index (χ4v) is 5.28. The van der Waals surface area contributed by atoms with Crippen molar-refractivity contribution in [3.8, 4) is 0 Å². The highest BCUT2D eigenvalue weighted by Crippen LogP contribution is 2.46. The molecule has 0 aliphatic heterocycles. The van der Waals surface area contributed by atoms with E-state index in [9.17, 15) is 19.4 Å². The fraction of sp³-hybridized carbons (Fsp3) is 0.938. The highest BCUT2D eigenvalue weighted by Gasteiger charge is 2.28. The molecule has 1 fully saturated rings. The standard InChI is InChI=1S/C16H32NO4P/c1-12(2)16(17)15(19)9-8-14(18)11-22(20,21)10-13-6-4-3-5-7-13/h12-14,16,18H,3-11,17H2,1-2H3,(H,20,21)/t14-,16-/m1/s1. The van der Waals surface area contributed by atoms with Crippen LogP contribution in [0.3, 0.4) is 0 Å². The van der Waals surface area contributed by atoms with Gasteiger partial charge < -0.3 is 15.7 Å². The first kappa shape index (κ1) is 19.8. The zero-order valence-corrected chi connectivity index (χ0v) is 14.8. The fourth-order valence-electron chi connectivity index (χ4n) is 3.12. The van der Waals surface area contributed by atoms with Gasteiger partial charge in [0.05, 0.1) is 18.3 Å². The minimum Gasteiger partial charge on any atom is -0.393 e. The van der Waals surface area contributed by atoms with Crippen LogP contribution in [0.2, 0.25) is 0 Å². The summed E-state index contributed by atoms with van der Waals surface area (Å²) >= 11 is 0. The van der Waals surface area contributed by atoms with E-state index in [1.165, 1.54) is 6.42 Å². The van der Waals surface area contributed by atoms with Gasteiger partial charge in [0.1, 0.15) is 5.78 Å². The lowest BCUT2D eigenvalue weighted by Crippen LogP contribution is -2.36. The van der Waals surface area contributed by atoms with E-state index in [0.29, 0.717) is 12.1 Å². The Kier molecular flexibility index (Phi) is 8.26. The average Bonchev–Trinajstić information content (AvgIpc) is 2.43.